The Morgan fingerprint density at radius 1 is 1.06 bits per heavy atom. The van der Waals surface area contributed by atoms with Gasteiger partial charge in [-0.15, -0.1) is 0 Å². The van der Waals surface area contributed by atoms with Crippen LogP contribution in [0, 0.1) is 5.82 Å². The predicted molar refractivity (Wildman–Crippen MR) is 110 cm³/mol. The molecule has 1 saturated carbocycles. The lowest BCUT2D eigenvalue weighted by atomic mass is 9.75. The maximum Gasteiger partial charge on any atom is 0.358 e. The van der Waals surface area contributed by atoms with Crippen molar-refractivity contribution in [2.45, 2.75) is 37.2 Å². The average molecular weight is 415 g/mol. The van der Waals surface area contributed by atoms with Gasteiger partial charge in [-0.05, 0) is 43.9 Å². The number of hydrogen-bond donors (Lipinski definition) is 1. The van der Waals surface area contributed by atoms with Crippen LogP contribution < -0.4 is 0 Å². The average Bonchev–Trinajstić information content (AvgIpc) is 3.34. The molecule has 0 atom stereocenters. The highest BCUT2D eigenvalue weighted by Crippen LogP contribution is 2.49. The lowest BCUT2D eigenvalue weighted by Gasteiger charge is -2.35. The number of pyridine rings is 1. The standard InChI is InChI=1S/C23H18FN5O2/c24-16-6-2-1-4-14(16)20-26-12-17-21(29-20)28-19(27-17)13-7-9-23(10-8-13)15-5-3-11-25-18(15)22(30)31-23/h1-6,11-13H,7-10H2,(H,26,27,28,29)/t13-,23-. The molecule has 0 amide bonds. The Bertz CT molecular complexity index is 1330. The second-order valence-corrected chi connectivity index (χ2v) is 8.09. The molecule has 0 saturated heterocycles. The molecule has 1 aliphatic heterocycles. The van der Waals surface area contributed by atoms with Crippen LogP contribution in [0.25, 0.3) is 22.6 Å². The molecular formula is C23H18FN5O2. The quantitative estimate of drug-likeness (QED) is 0.491. The number of aromatic nitrogens is 5. The van der Waals surface area contributed by atoms with Gasteiger partial charge in [0.1, 0.15) is 22.8 Å². The summed E-state index contributed by atoms with van der Waals surface area (Å²) in [4.78, 5) is 33.2. The highest BCUT2D eigenvalue weighted by molar-refractivity contribution is 5.92. The number of nitrogens with zero attached hydrogens (tertiary/aromatic N) is 4. The van der Waals surface area contributed by atoms with Gasteiger partial charge in [0.2, 0.25) is 0 Å². The molecule has 0 radical (unpaired) electrons. The van der Waals surface area contributed by atoms with Gasteiger partial charge in [0, 0.05) is 17.7 Å². The number of carbonyl (C=O) groups excluding carboxylic acids is 1. The van der Waals surface area contributed by atoms with Gasteiger partial charge in [0.25, 0.3) is 0 Å². The number of carbonyl (C=O) groups is 1. The number of nitrogens with one attached hydrogen (secondary N) is 1. The first kappa shape index (κ1) is 18.1. The van der Waals surface area contributed by atoms with Crippen molar-refractivity contribution in [1.29, 1.82) is 0 Å². The van der Waals surface area contributed by atoms with Gasteiger partial charge in [-0.25, -0.2) is 29.1 Å². The van der Waals surface area contributed by atoms with Crippen LogP contribution in [0.4, 0.5) is 4.39 Å². The SMILES string of the molecule is O=C1O[C@]2(CC[C@H](c3nc4nc(-c5ccccc5F)ncc4[nH]3)CC2)c2cccnc21. The van der Waals surface area contributed by atoms with Crippen molar-refractivity contribution in [3.05, 3.63) is 71.7 Å². The van der Waals surface area contributed by atoms with E-state index in [-0.39, 0.29) is 17.7 Å². The third-order valence-corrected chi connectivity index (χ3v) is 6.33. The maximum atomic E-state index is 14.1. The summed E-state index contributed by atoms with van der Waals surface area (Å²) >= 11 is 0. The van der Waals surface area contributed by atoms with Crippen molar-refractivity contribution in [3.63, 3.8) is 0 Å². The third-order valence-electron chi connectivity index (χ3n) is 6.33. The van der Waals surface area contributed by atoms with Crippen LogP contribution in [-0.2, 0) is 10.3 Å². The number of esters is 1. The first-order valence-corrected chi connectivity index (χ1v) is 10.3. The number of hydrogen-bond acceptors (Lipinski definition) is 6. The van der Waals surface area contributed by atoms with Gasteiger partial charge in [0.15, 0.2) is 17.2 Å². The molecule has 1 fully saturated rings. The Labute approximate surface area is 176 Å². The van der Waals surface area contributed by atoms with Crippen LogP contribution in [0.2, 0.25) is 0 Å². The minimum Gasteiger partial charge on any atom is -0.449 e. The summed E-state index contributed by atoms with van der Waals surface area (Å²) in [6.45, 7) is 0. The van der Waals surface area contributed by atoms with E-state index in [1.807, 2.05) is 12.1 Å². The molecule has 1 aromatic carbocycles. The normalized spacial score (nSPS) is 22.6. The number of ether oxygens (including phenoxy) is 1. The zero-order chi connectivity index (χ0) is 21.0. The molecule has 4 heterocycles. The van der Waals surface area contributed by atoms with Crippen LogP contribution in [-0.4, -0.2) is 30.9 Å². The zero-order valence-corrected chi connectivity index (χ0v) is 16.5. The molecule has 4 aromatic rings. The van der Waals surface area contributed by atoms with Crippen molar-refractivity contribution in [1.82, 2.24) is 24.9 Å². The van der Waals surface area contributed by atoms with Crippen molar-refractivity contribution in [2.24, 2.45) is 0 Å². The Kier molecular flexibility index (Phi) is 3.89. The zero-order valence-electron chi connectivity index (χ0n) is 16.5. The van der Waals surface area contributed by atoms with Crippen LogP contribution in [0.1, 0.15) is 53.5 Å². The Morgan fingerprint density at radius 3 is 2.74 bits per heavy atom. The lowest BCUT2D eigenvalue weighted by molar-refractivity contribution is -0.0313. The van der Waals surface area contributed by atoms with Gasteiger partial charge >= 0.3 is 5.97 Å². The second kappa shape index (κ2) is 6.66. The van der Waals surface area contributed by atoms with Gasteiger partial charge in [-0.2, -0.15) is 0 Å². The fraction of sp³-hybridized carbons (Fsp3) is 0.261. The number of imidazole rings is 1. The van der Waals surface area contributed by atoms with Gasteiger partial charge in [0.05, 0.1) is 11.8 Å². The lowest BCUT2D eigenvalue weighted by Crippen LogP contribution is -2.31. The topological polar surface area (TPSA) is 93.6 Å². The number of rotatable bonds is 2. The van der Waals surface area contributed by atoms with E-state index in [0.29, 0.717) is 35.6 Å². The molecule has 3 aromatic heterocycles. The number of H-pyrrole nitrogens is 1. The number of benzene rings is 1. The molecule has 0 bridgehead atoms. The summed E-state index contributed by atoms with van der Waals surface area (Å²) in [6.07, 6.45) is 6.32. The van der Waals surface area contributed by atoms with Crippen molar-refractivity contribution in [2.75, 3.05) is 0 Å². The van der Waals surface area contributed by atoms with E-state index >= 15 is 0 Å². The smallest absolute Gasteiger partial charge is 0.358 e. The summed E-state index contributed by atoms with van der Waals surface area (Å²) in [5.74, 6) is 0.634. The van der Waals surface area contributed by atoms with Crippen molar-refractivity contribution < 1.29 is 13.9 Å². The van der Waals surface area contributed by atoms with Crippen molar-refractivity contribution in [3.8, 4) is 11.4 Å². The minimum atomic E-state index is -0.582. The Hall–Kier alpha value is -3.68. The molecule has 8 heteroatoms. The molecular weight excluding hydrogens is 397 g/mol. The van der Waals surface area contributed by atoms with Crippen LogP contribution in [0.3, 0.4) is 0 Å². The van der Waals surface area contributed by atoms with Gasteiger partial charge < -0.3 is 9.72 Å². The number of fused-ring (bicyclic) bond motifs is 3. The molecule has 31 heavy (non-hydrogen) atoms. The van der Waals surface area contributed by atoms with Crippen LogP contribution in [0.15, 0.2) is 48.8 Å². The van der Waals surface area contributed by atoms with E-state index in [4.69, 9.17) is 4.74 Å². The van der Waals surface area contributed by atoms with Gasteiger partial charge in [-0.3, -0.25) is 0 Å². The monoisotopic (exact) mass is 415 g/mol. The highest BCUT2D eigenvalue weighted by Gasteiger charge is 2.48. The van der Waals surface area contributed by atoms with Crippen LogP contribution >= 0.6 is 0 Å². The summed E-state index contributed by atoms with van der Waals surface area (Å²) in [6, 6.07) is 10.2. The number of halogens is 1. The number of aromatic amines is 1. The summed E-state index contributed by atoms with van der Waals surface area (Å²) in [7, 11) is 0. The maximum absolute atomic E-state index is 14.1. The molecule has 1 spiro atoms. The van der Waals surface area contributed by atoms with E-state index in [2.05, 4.69) is 24.9 Å². The molecule has 1 aliphatic carbocycles. The summed E-state index contributed by atoms with van der Waals surface area (Å²) in [5, 5.41) is 0. The molecule has 7 nitrogen and oxygen atoms in total. The third kappa shape index (κ3) is 2.82. The van der Waals surface area contributed by atoms with Gasteiger partial charge in [-0.1, -0.05) is 18.2 Å². The first-order valence-electron chi connectivity index (χ1n) is 10.3. The molecule has 2 aliphatic rings. The minimum absolute atomic E-state index is 0.191. The first-order chi connectivity index (χ1) is 15.1. The molecule has 1 N–H and O–H groups in total. The van der Waals surface area contributed by atoms with Crippen molar-refractivity contribution >= 4 is 17.1 Å². The summed E-state index contributed by atoms with van der Waals surface area (Å²) < 4.78 is 19.9. The van der Waals surface area contributed by atoms with E-state index in [9.17, 15) is 9.18 Å². The Morgan fingerprint density at radius 2 is 1.90 bits per heavy atom. The second-order valence-electron chi connectivity index (χ2n) is 8.09. The fourth-order valence-electron chi connectivity index (χ4n) is 4.74. The highest BCUT2D eigenvalue weighted by atomic mass is 19.1. The Balaban J connectivity index is 1.27. The van der Waals surface area contributed by atoms with E-state index < -0.39 is 5.60 Å². The largest absolute Gasteiger partial charge is 0.449 e. The van der Waals surface area contributed by atoms with E-state index in [1.54, 1.807) is 30.6 Å². The summed E-state index contributed by atoms with van der Waals surface area (Å²) in [5.41, 5.74) is 2.33. The van der Waals surface area contributed by atoms with E-state index in [0.717, 1.165) is 29.7 Å². The molecule has 154 valence electrons. The molecule has 6 rings (SSSR count). The predicted octanol–water partition coefficient (Wildman–Crippen LogP) is 4.28. The fourth-order valence-corrected chi connectivity index (χ4v) is 4.74. The van der Waals surface area contributed by atoms with Crippen LogP contribution in [0.5, 0.6) is 0 Å². The molecule has 0 unspecified atom stereocenters. The van der Waals surface area contributed by atoms with E-state index in [1.165, 1.54) is 6.07 Å².